The molecule has 154 valence electrons. The normalized spacial score (nSPS) is 22.8. The first-order valence-electron chi connectivity index (χ1n) is 9.73. The molecule has 2 saturated heterocycles. The molecule has 1 aromatic heterocycles. The Labute approximate surface area is 169 Å². The Morgan fingerprint density at radius 1 is 1.21 bits per heavy atom. The minimum atomic E-state index is -0.567. The third-order valence-electron chi connectivity index (χ3n) is 4.92. The molecule has 3 amide bonds. The van der Waals surface area contributed by atoms with Crippen molar-refractivity contribution in [1.82, 2.24) is 14.8 Å². The van der Waals surface area contributed by atoms with E-state index in [2.05, 4.69) is 10.3 Å². The third kappa shape index (κ3) is 5.01. The van der Waals surface area contributed by atoms with Crippen LogP contribution in [0.3, 0.4) is 0 Å². The summed E-state index contributed by atoms with van der Waals surface area (Å²) in [6, 6.07) is -0.478. The lowest BCUT2D eigenvalue weighted by Crippen LogP contribution is -2.51. The number of nitrogens with one attached hydrogen (secondary N) is 1. The molecule has 0 spiro atoms. The monoisotopic (exact) mass is 408 g/mol. The van der Waals surface area contributed by atoms with Gasteiger partial charge in [-0.2, -0.15) is 0 Å². The molecule has 2 aliphatic rings. The lowest BCUT2D eigenvalue weighted by atomic mass is 9.96. The summed E-state index contributed by atoms with van der Waals surface area (Å²) in [6.45, 7) is 6.98. The predicted molar refractivity (Wildman–Crippen MR) is 106 cm³/mol. The summed E-state index contributed by atoms with van der Waals surface area (Å²) in [5, 5.41) is 5.13. The van der Waals surface area contributed by atoms with E-state index in [1.165, 1.54) is 11.3 Å². The van der Waals surface area contributed by atoms with Gasteiger partial charge in [-0.3, -0.25) is 9.59 Å². The van der Waals surface area contributed by atoms with Crippen LogP contribution in [0, 0.1) is 5.92 Å². The second kappa shape index (κ2) is 8.46. The fourth-order valence-corrected chi connectivity index (χ4v) is 4.21. The SMILES string of the molecule is CC(C)(C)OC(=O)N1CCC[C@H](C(=O)N2CCC[C@@H]2C(=O)Nc2nccs2)C1. The molecule has 0 aliphatic carbocycles. The molecule has 2 atom stereocenters. The van der Waals surface area contributed by atoms with E-state index >= 15 is 0 Å². The maximum absolute atomic E-state index is 13.1. The van der Waals surface area contributed by atoms with Crippen molar-refractivity contribution in [2.45, 2.75) is 58.1 Å². The van der Waals surface area contributed by atoms with Gasteiger partial charge < -0.3 is 19.9 Å². The lowest BCUT2D eigenvalue weighted by molar-refractivity contribution is -0.141. The Balaban J connectivity index is 1.61. The molecule has 3 rings (SSSR count). The van der Waals surface area contributed by atoms with Crippen molar-refractivity contribution in [3.63, 3.8) is 0 Å². The maximum atomic E-state index is 13.1. The molecule has 8 nitrogen and oxygen atoms in total. The van der Waals surface area contributed by atoms with Crippen LogP contribution in [0.1, 0.15) is 46.5 Å². The summed E-state index contributed by atoms with van der Waals surface area (Å²) in [5.41, 5.74) is -0.567. The number of carbonyl (C=O) groups excluding carboxylic acids is 3. The summed E-state index contributed by atoms with van der Waals surface area (Å²) in [4.78, 5) is 45.5. The van der Waals surface area contributed by atoms with E-state index in [4.69, 9.17) is 4.74 Å². The molecule has 9 heteroatoms. The van der Waals surface area contributed by atoms with E-state index < -0.39 is 11.6 Å². The Morgan fingerprint density at radius 2 is 1.96 bits per heavy atom. The van der Waals surface area contributed by atoms with Crippen LogP contribution < -0.4 is 5.32 Å². The van der Waals surface area contributed by atoms with Gasteiger partial charge in [0, 0.05) is 31.2 Å². The number of nitrogens with zero attached hydrogens (tertiary/aromatic N) is 3. The number of rotatable bonds is 3. The van der Waals surface area contributed by atoms with Gasteiger partial charge in [-0.15, -0.1) is 11.3 Å². The second-order valence-corrected chi connectivity index (χ2v) is 9.18. The minimum absolute atomic E-state index is 0.0509. The highest BCUT2D eigenvalue weighted by Crippen LogP contribution is 2.26. The van der Waals surface area contributed by atoms with Crippen molar-refractivity contribution in [2.75, 3.05) is 25.0 Å². The molecular weight excluding hydrogens is 380 g/mol. The van der Waals surface area contributed by atoms with Gasteiger partial charge in [0.15, 0.2) is 5.13 Å². The van der Waals surface area contributed by atoms with Crippen LogP contribution in [-0.4, -0.2) is 64.0 Å². The largest absolute Gasteiger partial charge is 0.444 e. The molecule has 0 aromatic carbocycles. The number of ether oxygens (including phenoxy) is 1. The van der Waals surface area contributed by atoms with Gasteiger partial charge in [0.1, 0.15) is 11.6 Å². The van der Waals surface area contributed by atoms with Crippen LogP contribution in [0.4, 0.5) is 9.93 Å². The molecule has 2 aliphatic heterocycles. The van der Waals surface area contributed by atoms with Gasteiger partial charge >= 0.3 is 6.09 Å². The Kier molecular flexibility index (Phi) is 6.22. The molecule has 2 fully saturated rings. The van der Waals surface area contributed by atoms with Crippen LogP contribution >= 0.6 is 11.3 Å². The van der Waals surface area contributed by atoms with Crippen LogP contribution in [0.15, 0.2) is 11.6 Å². The van der Waals surface area contributed by atoms with Crippen molar-refractivity contribution < 1.29 is 19.1 Å². The summed E-state index contributed by atoms with van der Waals surface area (Å²) < 4.78 is 5.44. The van der Waals surface area contributed by atoms with E-state index in [0.29, 0.717) is 31.2 Å². The number of hydrogen-bond donors (Lipinski definition) is 1. The molecule has 0 saturated carbocycles. The van der Waals surface area contributed by atoms with Crippen molar-refractivity contribution >= 4 is 34.4 Å². The topological polar surface area (TPSA) is 91.8 Å². The summed E-state index contributed by atoms with van der Waals surface area (Å²) >= 11 is 1.35. The number of amides is 3. The Bertz CT molecular complexity index is 716. The second-order valence-electron chi connectivity index (χ2n) is 8.28. The Morgan fingerprint density at radius 3 is 2.64 bits per heavy atom. The van der Waals surface area contributed by atoms with E-state index in [-0.39, 0.29) is 23.8 Å². The predicted octanol–water partition coefficient (Wildman–Crippen LogP) is 2.72. The number of anilines is 1. The zero-order chi connectivity index (χ0) is 20.3. The smallest absolute Gasteiger partial charge is 0.410 e. The number of hydrogen-bond acceptors (Lipinski definition) is 6. The number of carbonyl (C=O) groups is 3. The van der Waals surface area contributed by atoms with Crippen LogP contribution in [0.25, 0.3) is 0 Å². The first kappa shape index (κ1) is 20.6. The van der Waals surface area contributed by atoms with Gasteiger partial charge in [0.25, 0.3) is 0 Å². The van der Waals surface area contributed by atoms with Gasteiger partial charge in [-0.05, 0) is 46.5 Å². The van der Waals surface area contributed by atoms with Crippen molar-refractivity contribution in [1.29, 1.82) is 0 Å². The molecule has 1 aromatic rings. The molecule has 3 heterocycles. The van der Waals surface area contributed by atoms with Crippen molar-refractivity contribution in [3.8, 4) is 0 Å². The average molecular weight is 409 g/mol. The van der Waals surface area contributed by atoms with Gasteiger partial charge in [-0.1, -0.05) is 0 Å². The van der Waals surface area contributed by atoms with Crippen molar-refractivity contribution in [3.05, 3.63) is 11.6 Å². The molecule has 0 unspecified atom stereocenters. The van der Waals surface area contributed by atoms with Gasteiger partial charge in [-0.25, -0.2) is 9.78 Å². The van der Waals surface area contributed by atoms with E-state index in [1.54, 1.807) is 21.4 Å². The average Bonchev–Trinajstić information content (AvgIpc) is 3.31. The highest BCUT2D eigenvalue weighted by atomic mass is 32.1. The first-order chi connectivity index (χ1) is 13.2. The molecule has 0 bridgehead atoms. The first-order valence-corrected chi connectivity index (χ1v) is 10.6. The van der Waals surface area contributed by atoms with E-state index in [9.17, 15) is 14.4 Å². The van der Waals surface area contributed by atoms with Crippen molar-refractivity contribution in [2.24, 2.45) is 5.92 Å². The van der Waals surface area contributed by atoms with E-state index in [0.717, 1.165) is 19.3 Å². The molecule has 28 heavy (non-hydrogen) atoms. The number of aromatic nitrogens is 1. The quantitative estimate of drug-likeness (QED) is 0.830. The fraction of sp³-hybridized carbons (Fsp3) is 0.684. The van der Waals surface area contributed by atoms with Gasteiger partial charge in [0.05, 0.1) is 5.92 Å². The van der Waals surface area contributed by atoms with Crippen LogP contribution in [0.5, 0.6) is 0 Å². The number of piperidine rings is 1. The van der Waals surface area contributed by atoms with E-state index in [1.807, 2.05) is 20.8 Å². The summed E-state index contributed by atoms with van der Waals surface area (Å²) in [6.07, 6.45) is 4.15. The fourth-order valence-electron chi connectivity index (χ4n) is 3.68. The van der Waals surface area contributed by atoms with Crippen LogP contribution in [0.2, 0.25) is 0 Å². The lowest BCUT2D eigenvalue weighted by Gasteiger charge is -2.36. The third-order valence-corrected chi connectivity index (χ3v) is 5.61. The molecular formula is C19H28N4O4S. The summed E-state index contributed by atoms with van der Waals surface area (Å²) in [7, 11) is 0. The molecule has 0 radical (unpaired) electrons. The zero-order valence-electron chi connectivity index (χ0n) is 16.6. The van der Waals surface area contributed by atoms with Crippen LogP contribution in [-0.2, 0) is 14.3 Å². The summed E-state index contributed by atoms with van der Waals surface area (Å²) in [5.74, 6) is -0.541. The maximum Gasteiger partial charge on any atom is 0.410 e. The number of likely N-dealkylation sites (tertiary alicyclic amines) is 2. The highest BCUT2D eigenvalue weighted by Gasteiger charge is 2.39. The highest BCUT2D eigenvalue weighted by molar-refractivity contribution is 7.13. The number of thiazole rings is 1. The van der Waals surface area contributed by atoms with Gasteiger partial charge in [0.2, 0.25) is 11.8 Å². The molecule has 1 N–H and O–H groups in total. The minimum Gasteiger partial charge on any atom is -0.444 e. The standard InChI is InChI=1S/C19H28N4O4S/c1-19(2,3)27-18(26)22-9-4-6-13(12-22)16(25)23-10-5-7-14(23)15(24)21-17-20-8-11-28-17/h8,11,13-14H,4-7,9-10,12H2,1-3H3,(H,20,21,24)/t13-,14+/m0/s1. The zero-order valence-corrected chi connectivity index (χ0v) is 17.5. The Hall–Kier alpha value is -2.16.